The Morgan fingerprint density at radius 3 is 2.67 bits per heavy atom. The van der Waals surface area contributed by atoms with Gasteiger partial charge in [-0.25, -0.2) is 0 Å². The first-order valence-corrected chi connectivity index (χ1v) is 7.37. The molecule has 5 nitrogen and oxygen atoms in total. The molecule has 0 spiro atoms. The average Bonchev–Trinajstić information content (AvgIpc) is 2.71. The third-order valence-electron chi connectivity index (χ3n) is 3.93. The molecule has 0 aliphatic heterocycles. The van der Waals surface area contributed by atoms with Crippen LogP contribution in [0.2, 0.25) is 0 Å². The SMILES string of the molecule is COc1cc(C(C)=NO)ccc1OC1CCCCCC1O. The molecule has 116 valence electrons. The second-order valence-electron chi connectivity index (χ2n) is 5.41. The number of aliphatic hydroxyl groups is 1. The normalized spacial score (nSPS) is 23.5. The standard InChI is InChI=1S/C16H23NO4/c1-11(17-19)12-8-9-15(16(10-12)20-2)21-14-7-5-3-4-6-13(14)18/h8-10,13-14,18-19H,3-7H2,1-2H3. The van der Waals surface area contributed by atoms with Gasteiger partial charge < -0.3 is 19.8 Å². The van der Waals surface area contributed by atoms with Crippen LogP contribution >= 0.6 is 0 Å². The Balaban J connectivity index is 2.19. The summed E-state index contributed by atoms with van der Waals surface area (Å²) >= 11 is 0. The first-order chi connectivity index (χ1) is 10.2. The van der Waals surface area contributed by atoms with Crippen molar-refractivity contribution in [3.63, 3.8) is 0 Å². The largest absolute Gasteiger partial charge is 0.493 e. The number of aliphatic hydroxyl groups excluding tert-OH is 1. The quantitative estimate of drug-likeness (QED) is 0.387. The van der Waals surface area contributed by atoms with Crippen LogP contribution in [-0.4, -0.2) is 35.3 Å². The monoisotopic (exact) mass is 293 g/mol. The highest BCUT2D eigenvalue weighted by atomic mass is 16.5. The van der Waals surface area contributed by atoms with Crippen LogP contribution in [0.5, 0.6) is 11.5 Å². The highest BCUT2D eigenvalue weighted by Crippen LogP contribution is 2.32. The van der Waals surface area contributed by atoms with Crippen molar-refractivity contribution in [2.24, 2.45) is 5.16 Å². The maximum Gasteiger partial charge on any atom is 0.161 e. The Labute approximate surface area is 125 Å². The van der Waals surface area contributed by atoms with Crippen molar-refractivity contribution in [2.45, 2.75) is 51.2 Å². The van der Waals surface area contributed by atoms with E-state index in [-0.39, 0.29) is 6.10 Å². The fourth-order valence-electron chi connectivity index (χ4n) is 2.60. The van der Waals surface area contributed by atoms with Gasteiger partial charge in [0.15, 0.2) is 11.5 Å². The first-order valence-electron chi connectivity index (χ1n) is 7.37. The van der Waals surface area contributed by atoms with Crippen molar-refractivity contribution in [3.8, 4) is 11.5 Å². The van der Waals surface area contributed by atoms with E-state index in [0.29, 0.717) is 17.2 Å². The molecule has 1 aliphatic rings. The summed E-state index contributed by atoms with van der Waals surface area (Å²) in [4.78, 5) is 0. The molecule has 5 heteroatoms. The molecule has 1 saturated carbocycles. The van der Waals surface area contributed by atoms with E-state index in [1.807, 2.05) is 6.07 Å². The molecule has 0 bridgehead atoms. The molecule has 2 atom stereocenters. The van der Waals surface area contributed by atoms with Gasteiger partial charge in [0.2, 0.25) is 0 Å². The summed E-state index contributed by atoms with van der Waals surface area (Å²) in [5.74, 6) is 1.19. The minimum absolute atomic E-state index is 0.195. The zero-order chi connectivity index (χ0) is 15.2. The highest BCUT2D eigenvalue weighted by Gasteiger charge is 2.24. The highest BCUT2D eigenvalue weighted by molar-refractivity contribution is 5.98. The summed E-state index contributed by atoms with van der Waals surface area (Å²) in [7, 11) is 1.57. The summed E-state index contributed by atoms with van der Waals surface area (Å²) in [6.45, 7) is 1.71. The van der Waals surface area contributed by atoms with Crippen molar-refractivity contribution in [2.75, 3.05) is 7.11 Å². The van der Waals surface area contributed by atoms with Crippen molar-refractivity contribution < 1.29 is 19.8 Å². The molecule has 2 rings (SSSR count). The predicted molar refractivity (Wildman–Crippen MR) is 80.5 cm³/mol. The van der Waals surface area contributed by atoms with Gasteiger partial charge in [0.05, 0.1) is 18.9 Å². The van der Waals surface area contributed by atoms with E-state index in [9.17, 15) is 5.11 Å². The number of oxime groups is 1. The summed E-state index contributed by atoms with van der Waals surface area (Å²) in [5.41, 5.74) is 1.28. The van der Waals surface area contributed by atoms with Crippen LogP contribution in [-0.2, 0) is 0 Å². The zero-order valence-electron chi connectivity index (χ0n) is 12.6. The lowest BCUT2D eigenvalue weighted by molar-refractivity contribution is 0.0305. The summed E-state index contributed by atoms with van der Waals surface area (Å²) in [6, 6.07) is 5.38. The average molecular weight is 293 g/mol. The lowest BCUT2D eigenvalue weighted by Crippen LogP contribution is -2.30. The van der Waals surface area contributed by atoms with Crippen molar-refractivity contribution >= 4 is 5.71 Å². The maximum absolute atomic E-state index is 10.1. The molecular formula is C16H23NO4. The van der Waals surface area contributed by atoms with Crippen LogP contribution in [0.25, 0.3) is 0 Å². The molecule has 21 heavy (non-hydrogen) atoms. The fraction of sp³-hybridized carbons (Fsp3) is 0.562. The van der Waals surface area contributed by atoms with E-state index in [1.54, 1.807) is 26.2 Å². The van der Waals surface area contributed by atoms with Crippen molar-refractivity contribution in [3.05, 3.63) is 23.8 Å². The molecule has 0 radical (unpaired) electrons. The molecule has 0 amide bonds. The van der Waals surface area contributed by atoms with E-state index < -0.39 is 6.10 Å². The predicted octanol–water partition coefficient (Wildman–Crippen LogP) is 2.97. The number of methoxy groups -OCH3 is 1. The molecule has 2 unspecified atom stereocenters. The number of rotatable bonds is 4. The second kappa shape index (κ2) is 7.31. The van der Waals surface area contributed by atoms with Gasteiger partial charge in [-0.15, -0.1) is 0 Å². The lowest BCUT2D eigenvalue weighted by Gasteiger charge is -2.23. The Hall–Kier alpha value is -1.75. The number of hydrogen-bond acceptors (Lipinski definition) is 5. The van der Waals surface area contributed by atoms with E-state index in [1.165, 1.54) is 0 Å². The van der Waals surface area contributed by atoms with E-state index in [0.717, 1.165) is 37.7 Å². The Kier molecular flexibility index (Phi) is 5.44. The van der Waals surface area contributed by atoms with Crippen LogP contribution in [0, 0.1) is 0 Å². The molecule has 1 fully saturated rings. The maximum atomic E-state index is 10.1. The lowest BCUT2D eigenvalue weighted by atomic mass is 10.1. The van der Waals surface area contributed by atoms with Crippen LogP contribution in [0.4, 0.5) is 0 Å². The Morgan fingerprint density at radius 2 is 1.95 bits per heavy atom. The van der Waals surface area contributed by atoms with Crippen molar-refractivity contribution in [1.82, 2.24) is 0 Å². The number of hydrogen-bond donors (Lipinski definition) is 2. The van der Waals surface area contributed by atoms with Crippen LogP contribution in [0.15, 0.2) is 23.4 Å². The van der Waals surface area contributed by atoms with Crippen LogP contribution in [0.3, 0.4) is 0 Å². The Bertz CT molecular complexity index is 501. The smallest absolute Gasteiger partial charge is 0.161 e. The molecule has 0 saturated heterocycles. The van der Waals surface area contributed by atoms with Gasteiger partial charge >= 0.3 is 0 Å². The summed E-state index contributed by atoms with van der Waals surface area (Å²) in [6.07, 6.45) is 4.25. The van der Waals surface area contributed by atoms with Gasteiger partial charge in [0.1, 0.15) is 6.10 Å². The summed E-state index contributed by atoms with van der Waals surface area (Å²) < 4.78 is 11.3. The Morgan fingerprint density at radius 1 is 1.19 bits per heavy atom. The van der Waals surface area contributed by atoms with Crippen LogP contribution in [0.1, 0.15) is 44.6 Å². The first kappa shape index (κ1) is 15.6. The third-order valence-corrected chi connectivity index (χ3v) is 3.93. The van der Waals surface area contributed by atoms with E-state index in [4.69, 9.17) is 14.7 Å². The van der Waals surface area contributed by atoms with Crippen LogP contribution < -0.4 is 9.47 Å². The number of ether oxygens (including phenoxy) is 2. The van der Waals surface area contributed by atoms with Gasteiger partial charge in [-0.1, -0.05) is 18.0 Å². The van der Waals surface area contributed by atoms with Gasteiger partial charge in [0.25, 0.3) is 0 Å². The second-order valence-corrected chi connectivity index (χ2v) is 5.41. The fourth-order valence-corrected chi connectivity index (χ4v) is 2.60. The van der Waals surface area contributed by atoms with E-state index >= 15 is 0 Å². The van der Waals surface area contributed by atoms with Gasteiger partial charge in [-0.3, -0.25) is 0 Å². The molecule has 0 aromatic heterocycles. The number of benzene rings is 1. The van der Waals surface area contributed by atoms with Gasteiger partial charge in [-0.05, 0) is 44.4 Å². The van der Waals surface area contributed by atoms with Crippen molar-refractivity contribution in [1.29, 1.82) is 0 Å². The molecule has 1 aromatic carbocycles. The third kappa shape index (κ3) is 3.88. The molecule has 1 aliphatic carbocycles. The number of nitrogens with zero attached hydrogens (tertiary/aromatic N) is 1. The topological polar surface area (TPSA) is 71.3 Å². The summed E-state index contributed by atoms with van der Waals surface area (Å²) in [5, 5.41) is 22.2. The minimum atomic E-state index is -0.433. The van der Waals surface area contributed by atoms with Gasteiger partial charge in [0, 0.05) is 5.56 Å². The molecule has 0 heterocycles. The minimum Gasteiger partial charge on any atom is -0.493 e. The van der Waals surface area contributed by atoms with Gasteiger partial charge in [-0.2, -0.15) is 0 Å². The zero-order valence-corrected chi connectivity index (χ0v) is 12.6. The molecule has 2 N–H and O–H groups in total. The van der Waals surface area contributed by atoms with E-state index in [2.05, 4.69) is 5.16 Å². The molecule has 1 aromatic rings. The molecular weight excluding hydrogens is 270 g/mol.